The molecule has 0 fully saturated rings. The van der Waals surface area contributed by atoms with Crippen molar-refractivity contribution in [1.82, 2.24) is 0 Å². The van der Waals surface area contributed by atoms with Crippen LogP contribution in [0.25, 0.3) is 0 Å². The number of allylic oxidation sites excluding steroid dienone is 1. The molecule has 0 amide bonds. The minimum atomic E-state index is 0. The average Bonchev–Trinajstić information content (AvgIpc) is 1.95. The zero-order chi connectivity index (χ0) is 7.40. The van der Waals surface area contributed by atoms with Crippen molar-refractivity contribution in [3.63, 3.8) is 0 Å². The van der Waals surface area contributed by atoms with Crippen molar-refractivity contribution in [3.8, 4) is 5.75 Å². The number of hydrogen-bond donors (Lipinski definition) is 1. The SMILES string of the molecule is C=CCc1ccc(O)cc1.[H-].[K+]. The molecule has 1 aromatic rings. The van der Waals surface area contributed by atoms with Gasteiger partial charge in [0.1, 0.15) is 5.75 Å². The molecule has 1 nitrogen and oxygen atoms in total. The van der Waals surface area contributed by atoms with Gasteiger partial charge in [-0.3, -0.25) is 0 Å². The maximum Gasteiger partial charge on any atom is 1.00 e. The predicted octanol–water partition coefficient (Wildman–Crippen LogP) is -0.763. The summed E-state index contributed by atoms with van der Waals surface area (Å²) in [5.74, 6) is 0.313. The molecule has 0 saturated heterocycles. The van der Waals surface area contributed by atoms with Gasteiger partial charge < -0.3 is 6.53 Å². The maximum absolute atomic E-state index is 8.90. The Morgan fingerprint density at radius 3 is 2.36 bits per heavy atom. The van der Waals surface area contributed by atoms with Crippen LogP contribution in [0.4, 0.5) is 0 Å². The number of aromatic hydroxyl groups is 1. The van der Waals surface area contributed by atoms with Crippen molar-refractivity contribution < 1.29 is 57.9 Å². The Morgan fingerprint density at radius 2 is 1.91 bits per heavy atom. The Balaban J connectivity index is 0. The average molecular weight is 174 g/mol. The van der Waals surface area contributed by atoms with E-state index in [-0.39, 0.29) is 52.8 Å². The number of phenols is 1. The molecule has 0 unspecified atom stereocenters. The second-order valence-corrected chi connectivity index (χ2v) is 2.16. The van der Waals surface area contributed by atoms with Crippen molar-refractivity contribution in [2.45, 2.75) is 6.42 Å². The molecule has 0 aromatic heterocycles. The van der Waals surface area contributed by atoms with E-state index in [9.17, 15) is 0 Å². The van der Waals surface area contributed by atoms with Gasteiger partial charge in [0, 0.05) is 0 Å². The summed E-state index contributed by atoms with van der Waals surface area (Å²) >= 11 is 0. The Hall–Kier alpha value is 0.396. The van der Waals surface area contributed by atoms with E-state index in [0.717, 1.165) is 6.42 Å². The third kappa shape index (κ3) is 4.08. The quantitative estimate of drug-likeness (QED) is 0.461. The van der Waals surface area contributed by atoms with Gasteiger partial charge in [0.15, 0.2) is 0 Å². The Morgan fingerprint density at radius 1 is 1.36 bits per heavy atom. The molecule has 0 heterocycles. The third-order valence-corrected chi connectivity index (χ3v) is 1.32. The summed E-state index contributed by atoms with van der Waals surface area (Å²) in [5, 5.41) is 8.90. The van der Waals surface area contributed by atoms with Crippen LogP contribution in [0, 0.1) is 0 Å². The van der Waals surface area contributed by atoms with E-state index in [1.54, 1.807) is 12.1 Å². The first-order valence-electron chi connectivity index (χ1n) is 3.22. The van der Waals surface area contributed by atoms with Crippen molar-refractivity contribution in [2.75, 3.05) is 0 Å². The van der Waals surface area contributed by atoms with Gasteiger partial charge in [0.25, 0.3) is 0 Å². The molecule has 1 N–H and O–H groups in total. The molecule has 0 saturated carbocycles. The molecule has 0 radical (unpaired) electrons. The van der Waals surface area contributed by atoms with Crippen LogP contribution in [-0.2, 0) is 6.42 Å². The first kappa shape index (κ1) is 11.4. The molecule has 0 spiro atoms. The van der Waals surface area contributed by atoms with Gasteiger partial charge in [-0.05, 0) is 24.1 Å². The normalized spacial score (nSPS) is 8.36. The molecule has 0 bridgehead atoms. The van der Waals surface area contributed by atoms with E-state index in [2.05, 4.69) is 6.58 Å². The Labute approximate surface area is 111 Å². The predicted molar refractivity (Wildman–Crippen MR) is 43.1 cm³/mol. The summed E-state index contributed by atoms with van der Waals surface area (Å²) in [6.07, 6.45) is 2.70. The van der Waals surface area contributed by atoms with Crippen molar-refractivity contribution in [2.24, 2.45) is 0 Å². The first-order valence-corrected chi connectivity index (χ1v) is 3.22. The summed E-state index contributed by atoms with van der Waals surface area (Å²) in [5.41, 5.74) is 1.17. The summed E-state index contributed by atoms with van der Waals surface area (Å²) in [6, 6.07) is 7.13. The molecule has 11 heavy (non-hydrogen) atoms. The molecule has 0 atom stereocenters. The van der Waals surface area contributed by atoms with E-state index >= 15 is 0 Å². The zero-order valence-electron chi connectivity index (χ0n) is 7.75. The van der Waals surface area contributed by atoms with E-state index < -0.39 is 0 Å². The largest absolute Gasteiger partial charge is 1.00 e. The van der Waals surface area contributed by atoms with E-state index in [0.29, 0.717) is 5.75 Å². The van der Waals surface area contributed by atoms with Crippen molar-refractivity contribution in [3.05, 3.63) is 42.5 Å². The molecule has 0 aliphatic heterocycles. The van der Waals surface area contributed by atoms with Crippen LogP contribution in [0.5, 0.6) is 5.75 Å². The van der Waals surface area contributed by atoms with E-state index in [1.807, 2.05) is 18.2 Å². The van der Waals surface area contributed by atoms with Crippen LogP contribution in [-0.4, -0.2) is 5.11 Å². The van der Waals surface area contributed by atoms with Gasteiger partial charge in [0.05, 0.1) is 0 Å². The number of hydrogen-bond acceptors (Lipinski definition) is 1. The number of rotatable bonds is 2. The summed E-state index contributed by atoms with van der Waals surface area (Å²) < 4.78 is 0. The van der Waals surface area contributed by atoms with Crippen LogP contribution < -0.4 is 51.4 Å². The Bertz CT molecular complexity index is 220. The number of benzene rings is 1. The van der Waals surface area contributed by atoms with Gasteiger partial charge in [-0.15, -0.1) is 6.58 Å². The molecule has 54 valence electrons. The molecule has 0 aliphatic carbocycles. The molecule has 1 rings (SSSR count). The van der Waals surface area contributed by atoms with E-state index in [4.69, 9.17) is 5.11 Å². The van der Waals surface area contributed by atoms with E-state index in [1.165, 1.54) is 5.56 Å². The fourth-order valence-electron chi connectivity index (χ4n) is 0.799. The molecule has 1 aromatic carbocycles. The van der Waals surface area contributed by atoms with Gasteiger partial charge in [-0.25, -0.2) is 0 Å². The zero-order valence-corrected chi connectivity index (χ0v) is 9.87. The van der Waals surface area contributed by atoms with Gasteiger partial charge in [-0.2, -0.15) is 0 Å². The van der Waals surface area contributed by atoms with Gasteiger partial charge >= 0.3 is 51.4 Å². The maximum atomic E-state index is 8.90. The minimum absolute atomic E-state index is 0. The smallest absolute Gasteiger partial charge is 1.00 e. The number of phenolic OH excluding ortho intramolecular Hbond substituents is 1. The van der Waals surface area contributed by atoms with Crippen molar-refractivity contribution >= 4 is 0 Å². The molecule has 2 heteroatoms. The fraction of sp³-hybridized carbons (Fsp3) is 0.111. The van der Waals surface area contributed by atoms with Crippen LogP contribution in [0.3, 0.4) is 0 Å². The molecule has 0 aliphatic rings. The summed E-state index contributed by atoms with van der Waals surface area (Å²) in [7, 11) is 0. The third-order valence-electron chi connectivity index (χ3n) is 1.32. The standard InChI is InChI=1S/C9H10O.K.H/c1-2-3-8-4-6-9(10)7-5-8;;/h2,4-7,10H,1,3H2;;/q;+1;-1. The fourth-order valence-corrected chi connectivity index (χ4v) is 0.799. The van der Waals surface area contributed by atoms with Crippen LogP contribution in [0.1, 0.15) is 6.99 Å². The summed E-state index contributed by atoms with van der Waals surface area (Å²) in [6.45, 7) is 3.62. The first-order chi connectivity index (χ1) is 4.83. The van der Waals surface area contributed by atoms with Crippen LogP contribution in [0.15, 0.2) is 36.9 Å². The van der Waals surface area contributed by atoms with Crippen LogP contribution >= 0.6 is 0 Å². The van der Waals surface area contributed by atoms with Gasteiger partial charge in [-0.1, -0.05) is 18.2 Å². The molecular weight excluding hydrogens is 163 g/mol. The summed E-state index contributed by atoms with van der Waals surface area (Å²) in [4.78, 5) is 0. The van der Waals surface area contributed by atoms with Crippen molar-refractivity contribution in [1.29, 1.82) is 0 Å². The second kappa shape index (κ2) is 5.97. The topological polar surface area (TPSA) is 20.2 Å². The van der Waals surface area contributed by atoms with Crippen LogP contribution in [0.2, 0.25) is 0 Å². The monoisotopic (exact) mass is 174 g/mol. The Kier molecular flexibility index (Phi) is 6.19. The van der Waals surface area contributed by atoms with Gasteiger partial charge in [0.2, 0.25) is 0 Å². The minimum Gasteiger partial charge on any atom is -1.00 e. The second-order valence-electron chi connectivity index (χ2n) is 2.16. The molecular formula is C9H11KO.